The lowest BCUT2D eigenvalue weighted by Gasteiger charge is -2.10. The molecule has 0 saturated heterocycles. The Labute approximate surface area is 146 Å². The van der Waals surface area contributed by atoms with Crippen LogP contribution in [0.3, 0.4) is 0 Å². The molecule has 0 unspecified atom stereocenters. The van der Waals surface area contributed by atoms with Crippen LogP contribution in [0.1, 0.15) is 24.8 Å². The highest BCUT2D eigenvalue weighted by molar-refractivity contribution is 7.92. The van der Waals surface area contributed by atoms with Gasteiger partial charge >= 0.3 is 0 Å². The highest BCUT2D eigenvalue weighted by Crippen LogP contribution is 2.21. The van der Waals surface area contributed by atoms with Crippen molar-refractivity contribution in [1.29, 1.82) is 0 Å². The fraction of sp³-hybridized carbons (Fsp3) is 0.235. The van der Waals surface area contributed by atoms with Crippen LogP contribution in [-0.4, -0.2) is 29.3 Å². The Kier molecular flexibility index (Phi) is 5.08. The number of hydrogen-bond acceptors (Lipinski definition) is 6. The van der Waals surface area contributed by atoms with Crippen molar-refractivity contribution >= 4 is 15.7 Å². The van der Waals surface area contributed by atoms with Gasteiger partial charge in [-0.3, -0.25) is 9.71 Å². The van der Waals surface area contributed by atoms with Crippen molar-refractivity contribution in [3.05, 3.63) is 60.2 Å². The molecule has 0 aliphatic heterocycles. The monoisotopic (exact) mass is 358 g/mol. The number of sulfonamides is 1. The first-order chi connectivity index (χ1) is 12.1. The maximum absolute atomic E-state index is 12.0. The Bertz CT molecular complexity index is 939. The number of rotatable bonds is 7. The van der Waals surface area contributed by atoms with Crippen molar-refractivity contribution in [1.82, 2.24) is 15.1 Å². The molecule has 3 aromatic rings. The Balaban J connectivity index is 1.81. The van der Waals surface area contributed by atoms with Crippen LogP contribution >= 0.6 is 0 Å². The lowest BCUT2D eigenvalue weighted by molar-refractivity contribution is 0.386. The van der Waals surface area contributed by atoms with Crippen molar-refractivity contribution in [2.24, 2.45) is 0 Å². The number of aromatic nitrogens is 3. The molecule has 7 nitrogen and oxygen atoms in total. The minimum absolute atomic E-state index is 0.0775. The van der Waals surface area contributed by atoms with Crippen LogP contribution in [0.2, 0.25) is 0 Å². The quantitative estimate of drug-likeness (QED) is 0.697. The van der Waals surface area contributed by atoms with E-state index < -0.39 is 10.0 Å². The summed E-state index contributed by atoms with van der Waals surface area (Å²) in [5.74, 6) is 0.962. The van der Waals surface area contributed by atoms with E-state index in [0.29, 0.717) is 30.2 Å². The highest BCUT2D eigenvalue weighted by Gasteiger charge is 2.14. The second kappa shape index (κ2) is 7.43. The van der Waals surface area contributed by atoms with Crippen LogP contribution in [0.4, 0.5) is 5.69 Å². The molecule has 0 amide bonds. The van der Waals surface area contributed by atoms with E-state index in [0.717, 1.165) is 11.1 Å². The maximum Gasteiger partial charge on any atom is 0.232 e. The van der Waals surface area contributed by atoms with Crippen molar-refractivity contribution in [2.75, 3.05) is 10.5 Å². The van der Waals surface area contributed by atoms with Crippen LogP contribution in [-0.2, 0) is 16.4 Å². The number of pyridine rings is 1. The number of hydrogen-bond donors (Lipinski definition) is 1. The number of benzene rings is 1. The van der Waals surface area contributed by atoms with Gasteiger partial charge in [-0.25, -0.2) is 8.42 Å². The van der Waals surface area contributed by atoms with Crippen molar-refractivity contribution in [3.8, 4) is 11.4 Å². The fourth-order valence-corrected chi connectivity index (χ4v) is 3.54. The van der Waals surface area contributed by atoms with E-state index in [1.54, 1.807) is 36.7 Å². The highest BCUT2D eigenvalue weighted by atomic mass is 32.2. The normalized spacial score (nSPS) is 11.4. The van der Waals surface area contributed by atoms with Gasteiger partial charge in [-0.15, -0.1) is 0 Å². The van der Waals surface area contributed by atoms with Gasteiger partial charge in [0.1, 0.15) is 0 Å². The van der Waals surface area contributed by atoms with E-state index in [9.17, 15) is 8.42 Å². The minimum atomic E-state index is -3.36. The predicted molar refractivity (Wildman–Crippen MR) is 94.5 cm³/mol. The van der Waals surface area contributed by atoms with E-state index in [2.05, 4.69) is 19.8 Å². The summed E-state index contributed by atoms with van der Waals surface area (Å²) < 4.78 is 32.0. The van der Waals surface area contributed by atoms with Gasteiger partial charge in [0.05, 0.1) is 17.9 Å². The molecular formula is C17H18N4O3S. The summed E-state index contributed by atoms with van der Waals surface area (Å²) in [6.45, 7) is 1.82. The standard InChI is InChI=1S/C17H18N4O3S/c1-2-11-25(22,23)21-15-6-4-3-5-14(15)12-16-19-17(20-24-16)13-7-9-18-10-8-13/h3-10,21H,2,11-12H2,1H3. The lowest BCUT2D eigenvalue weighted by atomic mass is 10.1. The molecule has 0 fully saturated rings. The minimum Gasteiger partial charge on any atom is -0.339 e. The zero-order valence-corrected chi connectivity index (χ0v) is 14.5. The molecular weight excluding hydrogens is 340 g/mol. The fourth-order valence-electron chi connectivity index (χ4n) is 2.37. The third kappa shape index (κ3) is 4.42. The van der Waals surface area contributed by atoms with Gasteiger partial charge in [0.25, 0.3) is 0 Å². The average molecular weight is 358 g/mol. The van der Waals surface area contributed by atoms with Crippen molar-refractivity contribution in [3.63, 3.8) is 0 Å². The molecule has 0 saturated carbocycles. The zero-order chi connectivity index (χ0) is 17.7. The Morgan fingerprint density at radius 1 is 1.12 bits per heavy atom. The van der Waals surface area contributed by atoms with Gasteiger partial charge in [-0.05, 0) is 30.2 Å². The van der Waals surface area contributed by atoms with Gasteiger partial charge in [-0.2, -0.15) is 4.98 Å². The first-order valence-electron chi connectivity index (χ1n) is 7.89. The van der Waals surface area contributed by atoms with Crippen LogP contribution in [0, 0.1) is 0 Å². The third-order valence-electron chi connectivity index (χ3n) is 3.50. The molecule has 2 aromatic heterocycles. The van der Waals surface area contributed by atoms with E-state index in [4.69, 9.17) is 4.52 Å². The molecule has 130 valence electrons. The van der Waals surface area contributed by atoms with Crippen LogP contribution in [0.5, 0.6) is 0 Å². The van der Waals surface area contributed by atoms with Gasteiger partial charge in [-0.1, -0.05) is 30.3 Å². The molecule has 0 atom stereocenters. The number of para-hydroxylation sites is 1. The molecule has 3 rings (SSSR count). The summed E-state index contributed by atoms with van der Waals surface area (Å²) in [4.78, 5) is 8.32. The van der Waals surface area contributed by atoms with Gasteiger partial charge in [0.15, 0.2) is 0 Å². The summed E-state index contributed by atoms with van der Waals surface area (Å²) in [7, 11) is -3.36. The van der Waals surface area contributed by atoms with E-state index in [1.807, 2.05) is 19.1 Å². The molecule has 0 bridgehead atoms. The van der Waals surface area contributed by atoms with E-state index in [1.165, 1.54) is 0 Å². The van der Waals surface area contributed by atoms with Crippen LogP contribution < -0.4 is 4.72 Å². The molecule has 25 heavy (non-hydrogen) atoms. The van der Waals surface area contributed by atoms with Crippen LogP contribution in [0.15, 0.2) is 53.3 Å². The largest absolute Gasteiger partial charge is 0.339 e. The third-order valence-corrected chi connectivity index (χ3v) is 4.98. The SMILES string of the molecule is CCCS(=O)(=O)Nc1ccccc1Cc1nc(-c2ccncc2)no1. The summed E-state index contributed by atoms with van der Waals surface area (Å²) >= 11 is 0. The predicted octanol–water partition coefficient (Wildman–Crippen LogP) is 2.87. The summed E-state index contributed by atoms with van der Waals surface area (Å²) in [5, 5.41) is 3.96. The van der Waals surface area contributed by atoms with Crippen LogP contribution in [0.25, 0.3) is 11.4 Å². The molecule has 0 aliphatic carbocycles. The molecule has 2 heterocycles. The number of anilines is 1. The first kappa shape index (κ1) is 17.1. The molecule has 1 N–H and O–H groups in total. The second-order valence-corrected chi connectivity index (χ2v) is 7.34. The first-order valence-corrected chi connectivity index (χ1v) is 9.54. The van der Waals surface area contributed by atoms with E-state index >= 15 is 0 Å². The summed E-state index contributed by atoms with van der Waals surface area (Å²) in [6, 6.07) is 10.8. The number of nitrogens with one attached hydrogen (secondary N) is 1. The van der Waals surface area contributed by atoms with Gasteiger partial charge in [0.2, 0.25) is 21.7 Å². The average Bonchev–Trinajstić information content (AvgIpc) is 3.06. The molecule has 1 aromatic carbocycles. The second-order valence-electron chi connectivity index (χ2n) is 5.50. The Morgan fingerprint density at radius 3 is 2.64 bits per heavy atom. The zero-order valence-electron chi connectivity index (χ0n) is 13.7. The van der Waals surface area contributed by atoms with E-state index in [-0.39, 0.29) is 5.75 Å². The number of nitrogens with zero attached hydrogens (tertiary/aromatic N) is 3. The summed E-state index contributed by atoms with van der Waals surface area (Å²) in [6.07, 6.45) is 4.20. The Hall–Kier alpha value is -2.74. The van der Waals surface area contributed by atoms with Crippen molar-refractivity contribution < 1.29 is 12.9 Å². The topological polar surface area (TPSA) is 98.0 Å². The molecule has 0 spiro atoms. The van der Waals surface area contributed by atoms with Gasteiger partial charge in [0, 0.05) is 18.0 Å². The maximum atomic E-state index is 12.0. The molecule has 0 aliphatic rings. The molecule has 8 heteroatoms. The Morgan fingerprint density at radius 2 is 1.88 bits per heavy atom. The molecule has 0 radical (unpaired) electrons. The lowest BCUT2D eigenvalue weighted by Crippen LogP contribution is -2.17. The summed E-state index contributed by atoms with van der Waals surface area (Å²) in [5.41, 5.74) is 2.11. The van der Waals surface area contributed by atoms with Gasteiger partial charge < -0.3 is 4.52 Å². The smallest absolute Gasteiger partial charge is 0.232 e. The van der Waals surface area contributed by atoms with Crippen molar-refractivity contribution in [2.45, 2.75) is 19.8 Å².